The Morgan fingerprint density at radius 3 is 2.83 bits per heavy atom. The zero-order valence-electron chi connectivity index (χ0n) is 17.7. The number of aryl methyl sites for hydroxylation is 1. The summed E-state index contributed by atoms with van der Waals surface area (Å²) in [5, 5.41) is 6.26. The first kappa shape index (κ1) is 20.8. The number of hydrogen-bond acceptors (Lipinski definition) is 5. The number of esters is 1. The van der Waals surface area contributed by atoms with Crippen LogP contribution in [0.1, 0.15) is 51.2 Å². The molecular weight excluding hydrogens is 362 g/mol. The topological polar surface area (TPSA) is 54.8 Å². The number of rotatable bonds is 7. The quantitative estimate of drug-likeness (QED) is 0.285. The molecule has 1 unspecified atom stereocenters. The normalized spacial score (nSPS) is 15.6. The van der Waals surface area contributed by atoms with Gasteiger partial charge < -0.3 is 4.74 Å². The van der Waals surface area contributed by atoms with Gasteiger partial charge in [0, 0.05) is 11.6 Å². The summed E-state index contributed by atoms with van der Waals surface area (Å²) in [6.07, 6.45) is 3.75. The Morgan fingerprint density at radius 2 is 2.10 bits per heavy atom. The van der Waals surface area contributed by atoms with Gasteiger partial charge in [0.1, 0.15) is 5.82 Å². The molecule has 0 radical (unpaired) electrons. The monoisotopic (exact) mass is 391 g/mol. The second-order valence-corrected chi connectivity index (χ2v) is 7.63. The molecular formula is C24H29N3O2. The Bertz CT molecular complexity index is 933. The van der Waals surface area contributed by atoms with Crippen molar-refractivity contribution in [3.63, 3.8) is 0 Å². The van der Waals surface area contributed by atoms with Gasteiger partial charge in [-0.1, -0.05) is 37.8 Å². The first-order valence-electron chi connectivity index (χ1n) is 10.2. The molecule has 0 N–H and O–H groups in total. The van der Waals surface area contributed by atoms with Crippen molar-refractivity contribution in [2.24, 2.45) is 5.10 Å². The molecule has 29 heavy (non-hydrogen) atoms. The zero-order valence-corrected chi connectivity index (χ0v) is 17.7. The number of hydrogen-bond donors (Lipinski definition) is 0. The van der Waals surface area contributed by atoms with Crippen LogP contribution in [-0.4, -0.2) is 29.8 Å². The van der Waals surface area contributed by atoms with Gasteiger partial charge in [-0.3, -0.25) is 0 Å². The van der Waals surface area contributed by atoms with Crippen LogP contribution in [0.3, 0.4) is 0 Å². The number of ether oxygens (including phenoxy) is 1. The number of benzene rings is 1. The molecule has 0 saturated carbocycles. The third kappa shape index (κ3) is 4.56. The minimum atomic E-state index is -0.462. The molecule has 152 valence electrons. The number of pyridine rings is 1. The summed E-state index contributed by atoms with van der Waals surface area (Å²) in [5.41, 5.74) is 5.18. The third-order valence-corrected chi connectivity index (χ3v) is 5.15. The van der Waals surface area contributed by atoms with E-state index < -0.39 is 5.97 Å². The predicted molar refractivity (Wildman–Crippen MR) is 118 cm³/mol. The molecule has 2 aromatic rings. The van der Waals surface area contributed by atoms with Crippen molar-refractivity contribution in [1.29, 1.82) is 0 Å². The van der Waals surface area contributed by atoms with Crippen molar-refractivity contribution >= 4 is 18.0 Å². The Labute approximate surface area is 173 Å². The van der Waals surface area contributed by atoms with Gasteiger partial charge in [0.25, 0.3) is 0 Å². The molecule has 1 aliphatic carbocycles. The van der Waals surface area contributed by atoms with E-state index in [4.69, 9.17) is 9.72 Å². The lowest BCUT2D eigenvalue weighted by atomic mass is 9.95. The Kier molecular flexibility index (Phi) is 6.47. The van der Waals surface area contributed by atoms with Gasteiger partial charge in [-0.15, -0.1) is 0 Å². The molecule has 0 spiro atoms. The van der Waals surface area contributed by atoms with Crippen LogP contribution in [0.15, 0.2) is 53.7 Å². The van der Waals surface area contributed by atoms with Crippen LogP contribution in [0, 0.1) is 0 Å². The molecule has 5 heteroatoms. The maximum atomic E-state index is 11.8. The van der Waals surface area contributed by atoms with Gasteiger partial charge in [-0.2, -0.15) is 5.10 Å². The van der Waals surface area contributed by atoms with Crippen LogP contribution in [0.5, 0.6) is 0 Å². The lowest BCUT2D eigenvalue weighted by Gasteiger charge is -2.23. The van der Waals surface area contributed by atoms with Gasteiger partial charge in [-0.25, -0.2) is 14.8 Å². The second-order valence-electron chi connectivity index (χ2n) is 7.63. The van der Waals surface area contributed by atoms with Crippen LogP contribution in [0.25, 0.3) is 11.3 Å². The molecule has 3 rings (SSSR count). The van der Waals surface area contributed by atoms with Crippen LogP contribution in [-0.2, 0) is 16.0 Å². The number of carbonyl (C=O) groups is 1. The average molecular weight is 392 g/mol. The van der Waals surface area contributed by atoms with Crippen molar-refractivity contribution in [3.05, 3.63) is 59.7 Å². The fourth-order valence-electron chi connectivity index (χ4n) is 3.72. The molecule has 1 atom stereocenters. The predicted octanol–water partition coefficient (Wildman–Crippen LogP) is 5.12. The van der Waals surface area contributed by atoms with E-state index >= 15 is 0 Å². The Hall–Kier alpha value is -2.95. The number of anilines is 1. The molecule has 0 bridgehead atoms. The lowest BCUT2D eigenvalue weighted by Crippen LogP contribution is -2.26. The van der Waals surface area contributed by atoms with E-state index in [9.17, 15) is 4.79 Å². The summed E-state index contributed by atoms with van der Waals surface area (Å²) in [6.45, 7) is 12.2. The van der Waals surface area contributed by atoms with E-state index in [0.717, 1.165) is 17.9 Å². The minimum Gasteiger partial charge on any atom is -0.462 e. The fraction of sp³-hybridized carbons (Fsp3) is 0.375. The Balaban J connectivity index is 1.92. The van der Waals surface area contributed by atoms with Crippen LogP contribution < -0.4 is 5.01 Å². The summed E-state index contributed by atoms with van der Waals surface area (Å²) < 4.78 is 4.97. The van der Waals surface area contributed by atoms with Crippen molar-refractivity contribution in [3.8, 4) is 11.3 Å². The lowest BCUT2D eigenvalue weighted by molar-refractivity contribution is -0.137. The van der Waals surface area contributed by atoms with Gasteiger partial charge >= 0.3 is 5.97 Å². The van der Waals surface area contributed by atoms with Gasteiger partial charge in [-0.05, 0) is 62.8 Å². The molecule has 5 nitrogen and oxygen atoms in total. The summed E-state index contributed by atoms with van der Waals surface area (Å²) in [6, 6.07) is 12.5. The van der Waals surface area contributed by atoms with E-state index in [1.807, 2.05) is 32.0 Å². The number of nitrogens with zero attached hydrogens (tertiary/aromatic N) is 3. The molecule has 1 heterocycles. The second kappa shape index (κ2) is 9.03. The maximum Gasteiger partial charge on any atom is 0.339 e. The number of carbonyl (C=O) groups excluding carboxylic acids is 1. The molecule has 0 saturated heterocycles. The largest absolute Gasteiger partial charge is 0.462 e. The number of aromatic nitrogens is 1. The smallest absolute Gasteiger partial charge is 0.339 e. The van der Waals surface area contributed by atoms with Gasteiger partial charge in [0.15, 0.2) is 0 Å². The minimum absolute atomic E-state index is 0.0596. The highest BCUT2D eigenvalue weighted by atomic mass is 16.5. The highest BCUT2D eigenvalue weighted by Gasteiger charge is 2.23. The highest BCUT2D eigenvalue weighted by Crippen LogP contribution is 2.39. The maximum absolute atomic E-state index is 11.8. The van der Waals surface area contributed by atoms with Gasteiger partial charge in [0.2, 0.25) is 0 Å². The highest BCUT2D eigenvalue weighted by molar-refractivity contribution is 6.08. The van der Waals surface area contributed by atoms with Gasteiger partial charge in [0.05, 0.1) is 24.1 Å². The van der Waals surface area contributed by atoms with Crippen molar-refractivity contribution < 1.29 is 9.53 Å². The molecule has 0 aliphatic heterocycles. The van der Waals surface area contributed by atoms with E-state index in [2.05, 4.69) is 36.8 Å². The Morgan fingerprint density at radius 1 is 1.34 bits per heavy atom. The first-order chi connectivity index (χ1) is 13.9. The molecule has 1 aliphatic rings. The summed E-state index contributed by atoms with van der Waals surface area (Å²) in [7, 11) is 0. The van der Waals surface area contributed by atoms with Crippen LogP contribution >= 0.6 is 0 Å². The SMILES string of the molecule is C=C(/C=N\N(c1cccc(-c2cccc3c2C(C)CC3)n1)C(C)C)C(=O)OCC. The summed E-state index contributed by atoms with van der Waals surface area (Å²) in [5.74, 6) is 0.808. The fourth-order valence-corrected chi connectivity index (χ4v) is 3.72. The van der Waals surface area contributed by atoms with E-state index in [-0.39, 0.29) is 11.6 Å². The molecule has 0 fully saturated rings. The number of fused-ring (bicyclic) bond motifs is 1. The van der Waals surface area contributed by atoms with Crippen molar-refractivity contribution in [1.82, 2.24) is 4.98 Å². The van der Waals surface area contributed by atoms with Crippen LogP contribution in [0.2, 0.25) is 0 Å². The molecule has 0 amide bonds. The third-order valence-electron chi connectivity index (χ3n) is 5.15. The standard InChI is InChI=1S/C24H29N3O2/c1-6-29-24(28)18(5)15-25-27(16(2)3)22-12-8-11-21(26-22)20-10-7-9-19-14-13-17(4)23(19)20/h7-12,15-17H,5-6,13-14H2,1-4H3/b25-15-. The van der Waals surface area contributed by atoms with E-state index in [1.165, 1.54) is 29.3 Å². The first-order valence-corrected chi connectivity index (χ1v) is 10.2. The number of hydrazone groups is 1. The summed E-state index contributed by atoms with van der Waals surface area (Å²) in [4.78, 5) is 16.7. The van der Waals surface area contributed by atoms with Crippen LogP contribution in [0.4, 0.5) is 5.82 Å². The van der Waals surface area contributed by atoms with Crippen molar-refractivity contribution in [2.75, 3.05) is 11.6 Å². The average Bonchev–Trinajstić information content (AvgIpc) is 3.09. The molecule has 1 aromatic carbocycles. The molecule has 1 aromatic heterocycles. The summed E-state index contributed by atoms with van der Waals surface area (Å²) >= 11 is 0. The van der Waals surface area contributed by atoms with E-state index in [1.54, 1.807) is 11.9 Å². The zero-order chi connectivity index (χ0) is 21.0. The van der Waals surface area contributed by atoms with Crippen molar-refractivity contribution in [2.45, 2.75) is 52.5 Å². The van der Waals surface area contributed by atoms with E-state index in [0.29, 0.717) is 12.5 Å².